The minimum absolute atomic E-state index is 0.153. The van der Waals surface area contributed by atoms with Crippen LogP contribution in [0.2, 0.25) is 0 Å². The van der Waals surface area contributed by atoms with Gasteiger partial charge >= 0.3 is 0 Å². The number of nitrogens with one attached hydrogen (secondary N) is 1. The van der Waals surface area contributed by atoms with Crippen molar-refractivity contribution in [3.63, 3.8) is 0 Å². The third kappa shape index (κ3) is 3.72. The summed E-state index contributed by atoms with van der Waals surface area (Å²) >= 11 is 0. The van der Waals surface area contributed by atoms with E-state index >= 15 is 0 Å². The van der Waals surface area contributed by atoms with Crippen LogP contribution in [0.1, 0.15) is 43.5 Å². The van der Waals surface area contributed by atoms with E-state index in [1.807, 2.05) is 13.8 Å². The third-order valence-corrected chi connectivity index (χ3v) is 2.95. The van der Waals surface area contributed by atoms with Crippen molar-refractivity contribution in [2.75, 3.05) is 0 Å². The molecule has 20 heavy (non-hydrogen) atoms. The monoisotopic (exact) mass is 286 g/mol. The number of hydrogen-bond donors (Lipinski definition) is 1. The van der Waals surface area contributed by atoms with Gasteiger partial charge in [-0.1, -0.05) is 20.3 Å². The van der Waals surface area contributed by atoms with E-state index in [2.05, 4.69) is 5.32 Å². The molecule has 0 radical (unpaired) electrons. The van der Waals surface area contributed by atoms with Crippen molar-refractivity contribution >= 4 is 11.6 Å². The topological polar surface area (TPSA) is 72.2 Å². The molecule has 1 rings (SSSR count). The van der Waals surface area contributed by atoms with Gasteiger partial charge < -0.3 is 5.32 Å². The first-order chi connectivity index (χ1) is 9.40. The van der Waals surface area contributed by atoms with Crippen LogP contribution >= 0.6 is 0 Å². The van der Waals surface area contributed by atoms with Crippen molar-refractivity contribution in [2.45, 2.75) is 39.2 Å². The molecule has 0 heterocycles. The average Bonchev–Trinajstić information content (AvgIpc) is 2.40. The molecule has 0 spiro atoms. The number of benzene rings is 1. The van der Waals surface area contributed by atoms with Gasteiger partial charge in [0.25, 0.3) is 11.6 Å². The molecule has 1 amide bonds. The lowest BCUT2D eigenvalue weighted by Crippen LogP contribution is -2.34. The van der Waals surface area contributed by atoms with Crippen molar-refractivity contribution in [1.82, 2.24) is 5.32 Å². The van der Waals surface area contributed by atoms with Crippen molar-refractivity contribution in [3.8, 4) is 0 Å². The van der Waals surface area contributed by atoms with Crippen LogP contribution in [0.5, 0.6) is 0 Å². The van der Waals surface area contributed by atoms with E-state index in [0.717, 1.165) is 6.42 Å². The van der Waals surface area contributed by atoms with Crippen LogP contribution in [0.3, 0.4) is 0 Å². The van der Waals surface area contributed by atoms with Gasteiger partial charge in [-0.2, -0.15) is 0 Å². The lowest BCUT2D eigenvalue weighted by atomic mass is 10.1. The number of nitro groups is 1. The summed E-state index contributed by atoms with van der Waals surface area (Å²) in [5.41, 5.74) is -1.21. The summed E-state index contributed by atoms with van der Waals surface area (Å²) < 4.78 is 26.2. The number of nitro benzene ring substituents is 1. The zero-order valence-electron chi connectivity index (χ0n) is 11.3. The zero-order chi connectivity index (χ0) is 15.3. The number of carbonyl (C=O) groups is 1. The second-order valence-electron chi connectivity index (χ2n) is 4.41. The number of nitrogens with zero attached hydrogens (tertiary/aromatic N) is 1. The number of halogens is 2. The normalized spacial score (nSPS) is 12.0. The fraction of sp³-hybridized carbons (Fsp3) is 0.462. The van der Waals surface area contributed by atoms with Crippen LogP contribution < -0.4 is 5.32 Å². The van der Waals surface area contributed by atoms with Crippen LogP contribution in [-0.4, -0.2) is 16.9 Å². The van der Waals surface area contributed by atoms with Gasteiger partial charge in [-0.05, 0) is 18.9 Å². The first-order valence-corrected chi connectivity index (χ1v) is 6.34. The van der Waals surface area contributed by atoms with Gasteiger partial charge in [0.15, 0.2) is 11.6 Å². The highest BCUT2D eigenvalue weighted by Crippen LogP contribution is 2.22. The second-order valence-corrected chi connectivity index (χ2v) is 4.41. The van der Waals surface area contributed by atoms with Crippen molar-refractivity contribution in [2.24, 2.45) is 0 Å². The van der Waals surface area contributed by atoms with Crippen LogP contribution in [0.15, 0.2) is 12.1 Å². The molecule has 0 aliphatic rings. The first-order valence-electron chi connectivity index (χ1n) is 6.34. The highest BCUT2D eigenvalue weighted by molar-refractivity contribution is 5.98. The molecule has 1 atom stereocenters. The summed E-state index contributed by atoms with van der Waals surface area (Å²) in [4.78, 5) is 21.9. The van der Waals surface area contributed by atoms with E-state index in [1.165, 1.54) is 0 Å². The first kappa shape index (κ1) is 16.0. The summed E-state index contributed by atoms with van der Waals surface area (Å²) in [5, 5.41) is 13.4. The maximum Gasteiger partial charge on any atom is 0.285 e. The average molecular weight is 286 g/mol. The lowest BCUT2D eigenvalue weighted by molar-refractivity contribution is -0.385. The molecular weight excluding hydrogens is 270 g/mol. The summed E-state index contributed by atoms with van der Waals surface area (Å²) in [6.07, 6.45) is 2.19. The van der Waals surface area contributed by atoms with Gasteiger partial charge in [0.2, 0.25) is 0 Å². The molecule has 0 bridgehead atoms. The Morgan fingerprint density at radius 3 is 2.45 bits per heavy atom. The Bertz CT molecular complexity index is 521. The number of carbonyl (C=O) groups excluding carboxylic acids is 1. The molecule has 0 saturated carbocycles. The van der Waals surface area contributed by atoms with Crippen molar-refractivity contribution in [1.29, 1.82) is 0 Å². The summed E-state index contributed by atoms with van der Waals surface area (Å²) in [5.74, 6) is -3.41. The van der Waals surface area contributed by atoms with Crippen LogP contribution in [0.4, 0.5) is 14.5 Å². The molecule has 0 aliphatic heterocycles. The van der Waals surface area contributed by atoms with Crippen LogP contribution in [-0.2, 0) is 0 Å². The molecule has 5 nitrogen and oxygen atoms in total. The molecule has 0 fully saturated rings. The van der Waals surface area contributed by atoms with Gasteiger partial charge in [-0.15, -0.1) is 0 Å². The third-order valence-electron chi connectivity index (χ3n) is 2.95. The minimum atomic E-state index is -1.35. The van der Waals surface area contributed by atoms with Gasteiger partial charge in [0.1, 0.15) is 5.56 Å². The minimum Gasteiger partial charge on any atom is -0.349 e. The number of rotatable bonds is 6. The predicted molar refractivity (Wildman–Crippen MR) is 69.5 cm³/mol. The van der Waals surface area contributed by atoms with Crippen LogP contribution in [0, 0.1) is 21.7 Å². The van der Waals surface area contributed by atoms with E-state index in [9.17, 15) is 23.7 Å². The Kier molecular flexibility index (Phi) is 5.54. The SMILES string of the molecule is CCCC(CC)NC(=O)c1cc(F)c(F)cc1[N+](=O)[O-]. The zero-order valence-corrected chi connectivity index (χ0v) is 11.3. The number of hydrogen-bond acceptors (Lipinski definition) is 3. The molecule has 0 saturated heterocycles. The second kappa shape index (κ2) is 6.93. The smallest absolute Gasteiger partial charge is 0.285 e. The maximum atomic E-state index is 13.2. The quantitative estimate of drug-likeness (QED) is 0.644. The lowest BCUT2D eigenvalue weighted by Gasteiger charge is -2.16. The molecule has 1 aromatic carbocycles. The van der Waals surface area contributed by atoms with Crippen molar-refractivity contribution in [3.05, 3.63) is 39.4 Å². The fourth-order valence-corrected chi connectivity index (χ4v) is 1.86. The van der Waals surface area contributed by atoms with E-state index < -0.39 is 33.7 Å². The Balaban J connectivity index is 3.08. The number of amides is 1. The van der Waals surface area contributed by atoms with Crippen LogP contribution in [0.25, 0.3) is 0 Å². The van der Waals surface area contributed by atoms with E-state index in [4.69, 9.17) is 0 Å². The van der Waals surface area contributed by atoms with Gasteiger partial charge in [0, 0.05) is 6.04 Å². The molecule has 0 aromatic heterocycles. The summed E-state index contributed by atoms with van der Waals surface area (Å²) in [7, 11) is 0. The molecule has 0 aliphatic carbocycles. The Labute approximate surface area is 115 Å². The van der Waals surface area contributed by atoms with E-state index in [0.29, 0.717) is 25.0 Å². The largest absolute Gasteiger partial charge is 0.349 e. The Morgan fingerprint density at radius 1 is 1.35 bits per heavy atom. The molecule has 110 valence electrons. The van der Waals surface area contributed by atoms with E-state index in [1.54, 1.807) is 0 Å². The van der Waals surface area contributed by atoms with E-state index in [-0.39, 0.29) is 6.04 Å². The molecular formula is C13H16F2N2O3. The molecule has 1 aromatic rings. The predicted octanol–water partition coefficient (Wildman–Crippen LogP) is 3.18. The van der Waals surface area contributed by atoms with Gasteiger partial charge in [0.05, 0.1) is 11.0 Å². The van der Waals surface area contributed by atoms with Gasteiger partial charge in [-0.25, -0.2) is 8.78 Å². The van der Waals surface area contributed by atoms with Gasteiger partial charge in [-0.3, -0.25) is 14.9 Å². The molecule has 1 N–H and O–H groups in total. The fourth-order valence-electron chi connectivity index (χ4n) is 1.86. The molecule has 1 unspecified atom stereocenters. The standard InChI is InChI=1S/C13H16F2N2O3/c1-3-5-8(4-2)16-13(18)9-6-10(14)11(15)7-12(9)17(19)20/h6-8H,3-5H2,1-2H3,(H,16,18). The highest BCUT2D eigenvalue weighted by Gasteiger charge is 2.25. The Morgan fingerprint density at radius 2 is 1.95 bits per heavy atom. The molecule has 7 heteroatoms. The Hall–Kier alpha value is -2.05. The highest BCUT2D eigenvalue weighted by atomic mass is 19.2. The van der Waals surface area contributed by atoms with Crippen molar-refractivity contribution < 1.29 is 18.5 Å². The summed E-state index contributed by atoms with van der Waals surface area (Å²) in [6.45, 7) is 3.80. The summed E-state index contributed by atoms with van der Waals surface area (Å²) in [6, 6.07) is 0.826. The maximum absolute atomic E-state index is 13.2.